The number of hydrogen-bond acceptors (Lipinski definition) is 0. The molecular formula is C23H27F. The van der Waals surface area contributed by atoms with E-state index in [1.807, 2.05) is 6.92 Å². The number of fused-ring (bicyclic) bond motifs is 1. The van der Waals surface area contributed by atoms with Crippen LogP contribution in [0.2, 0.25) is 0 Å². The Morgan fingerprint density at radius 1 is 0.958 bits per heavy atom. The van der Waals surface area contributed by atoms with E-state index in [-0.39, 0.29) is 5.82 Å². The third kappa shape index (κ3) is 3.77. The third-order valence-corrected chi connectivity index (χ3v) is 5.09. The predicted molar refractivity (Wildman–Crippen MR) is 101 cm³/mol. The SMILES string of the molecule is CCCCCc1ccc(C2=CCc3cc(CC)c(F)cc3C2)cc1. The second kappa shape index (κ2) is 7.79. The molecule has 0 spiro atoms. The summed E-state index contributed by atoms with van der Waals surface area (Å²) in [5.41, 5.74) is 7.29. The van der Waals surface area contributed by atoms with Gasteiger partial charge in [-0.2, -0.15) is 0 Å². The standard InChI is InChI=1S/C23H27F/c1-3-5-6-7-17-8-10-19(11-9-17)20-12-13-21-14-18(4-2)23(24)16-22(21)15-20/h8-12,14,16H,3-7,13,15H2,1-2H3. The van der Waals surface area contributed by atoms with Crippen LogP contribution in [0.1, 0.15) is 60.9 Å². The highest BCUT2D eigenvalue weighted by Gasteiger charge is 2.15. The fourth-order valence-electron chi connectivity index (χ4n) is 3.53. The Bertz CT molecular complexity index is 722. The topological polar surface area (TPSA) is 0 Å². The number of aryl methyl sites for hydroxylation is 2. The fourth-order valence-corrected chi connectivity index (χ4v) is 3.53. The van der Waals surface area contributed by atoms with E-state index in [9.17, 15) is 4.39 Å². The van der Waals surface area contributed by atoms with E-state index in [4.69, 9.17) is 0 Å². The average Bonchev–Trinajstić information content (AvgIpc) is 2.61. The van der Waals surface area contributed by atoms with Crippen molar-refractivity contribution in [3.8, 4) is 0 Å². The van der Waals surface area contributed by atoms with Crippen molar-refractivity contribution in [1.29, 1.82) is 0 Å². The van der Waals surface area contributed by atoms with Crippen molar-refractivity contribution >= 4 is 5.57 Å². The molecule has 24 heavy (non-hydrogen) atoms. The van der Waals surface area contributed by atoms with Crippen LogP contribution in [-0.4, -0.2) is 0 Å². The second-order valence-corrected chi connectivity index (χ2v) is 6.83. The van der Waals surface area contributed by atoms with Crippen molar-refractivity contribution in [2.45, 2.75) is 58.8 Å². The number of rotatable bonds is 6. The first-order valence-electron chi connectivity index (χ1n) is 9.29. The van der Waals surface area contributed by atoms with Crippen LogP contribution in [0.5, 0.6) is 0 Å². The Morgan fingerprint density at radius 3 is 2.46 bits per heavy atom. The lowest BCUT2D eigenvalue weighted by Crippen LogP contribution is -2.05. The van der Waals surface area contributed by atoms with E-state index in [0.29, 0.717) is 0 Å². The summed E-state index contributed by atoms with van der Waals surface area (Å²) in [6, 6.07) is 12.8. The summed E-state index contributed by atoms with van der Waals surface area (Å²) >= 11 is 0. The van der Waals surface area contributed by atoms with Gasteiger partial charge >= 0.3 is 0 Å². The average molecular weight is 322 g/mol. The summed E-state index contributed by atoms with van der Waals surface area (Å²) in [6.45, 7) is 4.25. The quantitative estimate of drug-likeness (QED) is 0.547. The number of halogens is 1. The Morgan fingerprint density at radius 2 is 1.75 bits per heavy atom. The van der Waals surface area contributed by atoms with E-state index < -0.39 is 0 Å². The van der Waals surface area contributed by atoms with E-state index in [1.54, 1.807) is 6.07 Å². The highest BCUT2D eigenvalue weighted by molar-refractivity contribution is 5.70. The Labute approximate surface area is 145 Å². The summed E-state index contributed by atoms with van der Waals surface area (Å²) in [5, 5.41) is 0. The molecule has 2 aromatic carbocycles. The van der Waals surface area contributed by atoms with Gasteiger partial charge < -0.3 is 0 Å². The van der Waals surface area contributed by atoms with Crippen molar-refractivity contribution in [1.82, 2.24) is 0 Å². The molecule has 2 aromatic rings. The molecule has 0 fully saturated rings. The van der Waals surface area contributed by atoms with E-state index >= 15 is 0 Å². The van der Waals surface area contributed by atoms with Crippen LogP contribution in [0, 0.1) is 5.82 Å². The molecular weight excluding hydrogens is 295 g/mol. The first kappa shape index (κ1) is 17.0. The Balaban J connectivity index is 1.73. The predicted octanol–water partition coefficient (Wildman–Crippen LogP) is 6.30. The molecule has 0 heterocycles. The van der Waals surface area contributed by atoms with Crippen molar-refractivity contribution in [2.24, 2.45) is 0 Å². The lowest BCUT2D eigenvalue weighted by Gasteiger charge is -2.19. The Hall–Kier alpha value is -1.89. The second-order valence-electron chi connectivity index (χ2n) is 6.83. The van der Waals surface area contributed by atoms with E-state index in [1.165, 1.54) is 47.9 Å². The summed E-state index contributed by atoms with van der Waals surface area (Å²) in [6.07, 6.45) is 9.82. The molecule has 0 radical (unpaired) electrons. The van der Waals surface area contributed by atoms with Crippen LogP contribution in [0.4, 0.5) is 4.39 Å². The minimum atomic E-state index is -0.0521. The van der Waals surface area contributed by atoms with Crippen LogP contribution < -0.4 is 0 Å². The molecule has 0 aliphatic heterocycles. The molecule has 0 amide bonds. The number of unbranched alkanes of at least 4 members (excludes halogenated alkanes) is 2. The minimum Gasteiger partial charge on any atom is -0.207 e. The van der Waals surface area contributed by atoms with Crippen LogP contribution in [-0.2, 0) is 25.7 Å². The van der Waals surface area contributed by atoms with Crippen LogP contribution >= 0.6 is 0 Å². The first-order chi connectivity index (χ1) is 11.7. The highest BCUT2D eigenvalue weighted by atomic mass is 19.1. The normalized spacial score (nSPS) is 13.5. The van der Waals surface area contributed by atoms with Gasteiger partial charge in [0.2, 0.25) is 0 Å². The lowest BCUT2D eigenvalue weighted by molar-refractivity contribution is 0.609. The molecule has 0 atom stereocenters. The molecule has 1 aliphatic carbocycles. The maximum absolute atomic E-state index is 14.1. The van der Waals surface area contributed by atoms with Gasteiger partial charge in [-0.15, -0.1) is 0 Å². The van der Waals surface area contributed by atoms with Gasteiger partial charge in [0.25, 0.3) is 0 Å². The van der Waals surface area contributed by atoms with Gasteiger partial charge in [-0.05, 0) is 71.6 Å². The fraction of sp³-hybridized carbons (Fsp3) is 0.391. The smallest absolute Gasteiger partial charge is 0.126 e. The number of hydrogen-bond donors (Lipinski definition) is 0. The van der Waals surface area contributed by atoms with Crippen molar-refractivity contribution in [3.05, 3.63) is 76.1 Å². The largest absolute Gasteiger partial charge is 0.207 e. The monoisotopic (exact) mass is 322 g/mol. The zero-order valence-electron chi connectivity index (χ0n) is 14.9. The third-order valence-electron chi connectivity index (χ3n) is 5.09. The molecule has 0 nitrogen and oxygen atoms in total. The molecule has 126 valence electrons. The summed E-state index contributed by atoms with van der Waals surface area (Å²) in [4.78, 5) is 0. The summed E-state index contributed by atoms with van der Waals surface area (Å²) < 4.78 is 14.1. The van der Waals surface area contributed by atoms with Gasteiger partial charge in [-0.25, -0.2) is 4.39 Å². The highest BCUT2D eigenvalue weighted by Crippen LogP contribution is 2.29. The van der Waals surface area contributed by atoms with Gasteiger partial charge in [-0.1, -0.05) is 63.1 Å². The molecule has 0 aromatic heterocycles. The first-order valence-corrected chi connectivity index (χ1v) is 9.29. The van der Waals surface area contributed by atoms with Gasteiger partial charge in [0.1, 0.15) is 5.82 Å². The van der Waals surface area contributed by atoms with Crippen LogP contribution in [0.3, 0.4) is 0 Å². The van der Waals surface area contributed by atoms with Crippen molar-refractivity contribution in [2.75, 3.05) is 0 Å². The van der Waals surface area contributed by atoms with Gasteiger partial charge in [-0.3, -0.25) is 0 Å². The zero-order valence-corrected chi connectivity index (χ0v) is 14.9. The zero-order chi connectivity index (χ0) is 16.9. The van der Waals surface area contributed by atoms with Gasteiger partial charge in [0.15, 0.2) is 0 Å². The molecule has 1 heteroatoms. The molecule has 0 saturated carbocycles. The van der Waals surface area contributed by atoms with E-state index in [0.717, 1.165) is 30.4 Å². The molecule has 3 rings (SSSR count). The molecule has 1 aliphatic rings. The molecule has 0 unspecified atom stereocenters. The molecule has 0 N–H and O–H groups in total. The summed E-state index contributed by atoms with van der Waals surface area (Å²) in [5.74, 6) is -0.0521. The lowest BCUT2D eigenvalue weighted by atomic mass is 9.86. The van der Waals surface area contributed by atoms with E-state index in [2.05, 4.69) is 43.3 Å². The van der Waals surface area contributed by atoms with Gasteiger partial charge in [0, 0.05) is 0 Å². The number of allylic oxidation sites excluding steroid dienone is 2. The maximum atomic E-state index is 14.1. The minimum absolute atomic E-state index is 0.0521. The summed E-state index contributed by atoms with van der Waals surface area (Å²) in [7, 11) is 0. The maximum Gasteiger partial charge on any atom is 0.126 e. The van der Waals surface area contributed by atoms with Crippen LogP contribution in [0.25, 0.3) is 5.57 Å². The number of benzene rings is 2. The molecule has 0 bridgehead atoms. The van der Waals surface area contributed by atoms with Crippen LogP contribution in [0.15, 0.2) is 42.5 Å². The van der Waals surface area contributed by atoms with Gasteiger partial charge in [0.05, 0.1) is 0 Å². The van der Waals surface area contributed by atoms with Crippen molar-refractivity contribution < 1.29 is 4.39 Å². The van der Waals surface area contributed by atoms with Crippen molar-refractivity contribution in [3.63, 3.8) is 0 Å². The molecule has 0 saturated heterocycles. The Kier molecular flexibility index (Phi) is 5.50.